The third-order valence-electron chi connectivity index (χ3n) is 2.72. The first-order valence-corrected chi connectivity index (χ1v) is 5.86. The van der Waals surface area contributed by atoms with Gasteiger partial charge in [-0.1, -0.05) is 12.1 Å². The number of benzene rings is 2. The molecule has 2 aromatic rings. The van der Waals surface area contributed by atoms with Crippen LogP contribution in [-0.2, 0) is 0 Å². The number of rotatable bonds is 4. The molecular weight excluding hydrogens is 264 g/mol. The van der Waals surface area contributed by atoms with Crippen LogP contribution >= 0.6 is 0 Å². The lowest BCUT2D eigenvalue weighted by molar-refractivity contribution is 0.106. The summed E-state index contributed by atoms with van der Waals surface area (Å²) in [4.78, 5) is 0. The summed E-state index contributed by atoms with van der Waals surface area (Å²) < 4.78 is 31.1. The molecule has 1 unspecified atom stereocenters. The van der Waals surface area contributed by atoms with Crippen LogP contribution in [0, 0.1) is 23.0 Å². The molecule has 0 radical (unpaired) electrons. The quantitative estimate of drug-likeness (QED) is 0.933. The Kier molecular flexibility index (Phi) is 4.28. The van der Waals surface area contributed by atoms with Crippen molar-refractivity contribution in [3.63, 3.8) is 0 Å². The lowest BCUT2D eigenvalue weighted by Crippen LogP contribution is -2.10. The zero-order valence-electron chi connectivity index (χ0n) is 10.4. The SMILES string of the molecule is N#Cc1ccc(C(O)COc2ccc(F)cc2F)cc1. The average molecular weight is 275 g/mol. The normalized spacial score (nSPS) is 11.7. The Morgan fingerprint density at radius 3 is 2.45 bits per heavy atom. The second kappa shape index (κ2) is 6.13. The van der Waals surface area contributed by atoms with Crippen LogP contribution in [0.1, 0.15) is 17.2 Å². The van der Waals surface area contributed by atoms with Crippen molar-refractivity contribution in [2.75, 3.05) is 6.61 Å². The van der Waals surface area contributed by atoms with Gasteiger partial charge in [0.25, 0.3) is 0 Å². The van der Waals surface area contributed by atoms with Gasteiger partial charge in [0.2, 0.25) is 0 Å². The maximum absolute atomic E-state index is 13.3. The molecule has 0 aliphatic rings. The van der Waals surface area contributed by atoms with Crippen molar-refractivity contribution in [2.24, 2.45) is 0 Å². The van der Waals surface area contributed by atoms with Crippen LogP contribution in [-0.4, -0.2) is 11.7 Å². The van der Waals surface area contributed by atoms with E-state index in [1.165, 1.54) is 0 Å². The molecule has 1 N–H and O–H groups in total. The largest absolute Gasteiger partial charge is 0.487 e. The third-order valence-corrected chi connectivity index (χ3v) is 2.72. The van der Waals surface area contributed by atoms with Gasteiger partial charge in [-0.05, 0) is 29.8 Å². The zero-order chi connectivity index (χ0) is 14.5. The Morgan fingerprint density at radius 2 is 1.85 bits per heavy atom. The van der Waals surface area contributed by atoms with Crippen molar-refractivity contribution < 1.29 is 18.6 Å². The molecule has 0 saturated heterocycles. The van der Waals surface area contributed by atoms with Gasteiger partial charge in [0.1, 0.15) is 18.5 Å². The molecule has 2 rings (SSSR count). The number of hydrogen-bond acceptors (Lipinski definition) is 3. The summed E-state index contributed by atoms with van der Waals surface area (Å²) in [6, 6.07) is 11.2. The van der Waals surface area contributed by atoms with Gasteiger partial charge in [0.15, 0.2) is 11.6 Å². The molecule has 102 valence electrons. The van der Waals surface area contributed by atoms with E-state index in [4.69, 9.17) is 10.00 Å². The highest BCUT2D eigenvalue weighted by Gasteiger charge is 2.11. The zero-order valence-corrected chi connectivity index (χ0v) is 10.4. The fourth-order valence-corrected chi connectivity index (χ4v) is 1.64. The fourth-order valence-electron chi connectivity index (χ4n) is 1.64. The summed E-state index contributed by atoms with van der Waals surface area (Å²) >= 11 is 0. The predicted octanol–water partition coefficient (Wildman–Crippen LogP) is 2.95. The van der Waals surface area contributed by atoms with Crippen molar-refractivity contribution in [3.05, 3.63) is 65.2 Å². The molecule has 0 spiro atoms. The maximum atomic E-state index is 13.3. The number of aliphatic hydroxyl groups excluding tert-OH is 1. The van der Waals surface area contributed by atoms with Crippen molar-refractivity contribution >= 4 is 0 Å². The second-order valence-electron chi connectivity index (χ2n) is 4.14. The predicted molar refractivity (Wildman–Crippen MR) is 68.0 cm³/mol. The van der Waals surface area contributed by atoms with Crippen LogP contribution in [0.5, 0.6) is 5.75 Å². The van der Waals surface area contributed by atoms with Crippen molar-refractivity contribution in [2.45, 2.75) is 6.10 Å². The van der Waals surface area contributed by atoms with Gasteiger partial charge in [-0.2, -0.15) is 5.26 Å². The third kappa shape index (κ3) is 3.31. The Hall–Kier alpha value is -2.45. The molecule has 0 fully saturated rings. The summed E-state index contributed by atoms with van der Waals surface area (Å²) in [5.74, 6) is -1.64. The maximum Gasteiger partial charge on any atom is 0.167 e. The first kappa shape index (κ1) is 14.0. The van der Waals surface area contributed by atoms with Crippen LogP contribution in [0.25, 0.3) is 0 Å². The Bertz CT molecular complexity index is 635. The van der Waals surface area contributed by atoms with Gasteiger partial charge in [0.05, 0.1) is 11.6 Å². The summed E-state index contributed by atoms with van der Waals surface area (Å²) in [7, 11) is 0. The molecule has 0 amide bonds. The van der Waals surface area contributed by atoms with Crippen molar-refractivity contribution in [1.29, 1.82) is 5.26 Å². The minimum Gasteiger partial charge on any atom is -0.487 e. The van der Waals surface area contributed by atoms with Gasteiger partial charge in [-0.25, -0.2) is 8.78 Å². The number of halogens is 2. The van der Waals surface area contributed by atoms with Gasteiger partial charge in [-0.3, -0.25) is 0 Å². The smallest absolute Gasteiger partial charge is 0.167 e. The van der Waals surface area contributed by atoms with Crippen LogP contribution in [0.3, 0.4) is 0 Å². The minimum absolute atomic E-state index is 0.126. The van der Waals surface area contributed by atoms with Gasteiger partial charge < -0.3 is 9.84 Å². The molecule has 0 saturated carbocycles. The van der Waals surface area contributed by atoms with Crippen LogP contribution in [0.2, 0.25) is 0 Å². The molecule has 1 atom stereocenters. The second-order valence-corrected chi connectivity index (χ2v) is 4.14. The highest BCUT2D eigenvalue weighted by molar-refractivity contribution is 5.32. The van der Waals surface area contributed by atoms with E-state index >= 15 is 0 Å². The summed E-state index contributed by atoms with van der Waals surface area (Å²) in [5, 5.41) is 18.5. The van der Waals surface area contributed by atoms with Gasteiger partial charge in [-0.15, -0.1) is 0 Å². The number of hydrogen-bond donors (Lipinski definition) is 1. The number of aliphatic hydroxyl groups is 1. The molecule has 0 aliphatic carbocycles. The van der Waals surface area contributed by atoms with E-state index in [-0.39, 0.29) is 12.4 Å². The van der Waals surface area contributed by atoms with Crippen LogP contribution in [0.15, 0.2) is 42.5 Å². The molecular formula is C15H11F2NO2. The fraction of sp³-hybridized carbons (Fsp3) is 0.133. The molecule has 0 heterocycles. The molecule has 20 heavy (non-hydrogen) atoms. The number of ether oxygens (including phenoxy) is 1. The van der Waals surface area contributed by atoms with Crippen molar-refractivity contribution in [3.8, 4) is 11.8 Å². The van der Waals surface area contributed by atoms with Crippen LogP contribution < -0.4 is 4.74 Å². The molecule has 0 aliphatic heterocycles. The summed E-state index contributed by atoms with van der Waals surface area (Å²) in [5.41, 5.74) is 1.03. The topological polar surface area (TPSA) is 53.2 Å². The van der Waals surface area contributed by atoms with E-state index in [2.05, 4.69) is 0 Å². The highest BCUT2D eigenvalue weighted by Crippen LogP contribution is 2.20. The van der Waals surface area contributed by atoms with Crippen LogP contribution in [0.4, 0.5) is 8.78 Å². The van der Waals surface area contributed by atoms with E-state index in [1.807, 2.05) is 6.07 Å². The first-order chi connectivity index (χ1) is 9.60. The van der Waals surface area contributed by atoms with Crippen molar-refractivity contribution in [1.82, 2.24) is 0 Å². The average Bonchev–Trinajstić information content (AvgIpc) is 2.46. The monoisotopic (exact) mass is 275 g/mol. The lowest BCUT2D eigenvalue weighted by Gasteiger charge is -2.13. The van der Waals surface area contributed by atoms with E-state index in [0.29, 0.717) is 17.2 Å². The van der Waals surface area contributed by atoms with E-state index < -0.39 is 17.7 Å². The Morgan fingerprint density at radius 1 is 1.15 bits per heavy atom. The number of nitrogens with zero attached hydrogens (tertiary/aromatic N) is 1. The Labute approximate surface area is 114 Å². The molecule has 2 aromatic carbocycles. The molecule has 3 nitrogen and oxygen atoms in total. The van der Waals surface area contributed by atoms with E-state index in [0.717, 1.165) is 12.1 Å². The lowest BCUT2D eigenvalue weighted by atomic mass is 10.1. The summed E-state index contributed by atoms with van der Waals surface area (Å²) in [6.45, 7) is -0.172. The standard InChI is InChI=1S/C15H11F2NO2/c16-12-5-6-15(13(17)7-12)20-9-14(19)11-3-1-10(8-18)2-4-11/h1-7,14,19H,9H2. The Balaban J connectivity index is 2.00. The molecule has 0 bridgehead atoms. The van der Waals surface area contributed by atoms with Gasteiger partial charge in [0, 0.05) is 6.07 Å². The summed E-state index contributed by atoms with van der Waals surface area (Å²) in [6.07, 6.45) is -0.966. The highest BCUT2D eigenvalue weighted by atomic mass is 19.1. The molecule has 5 heteroatoms. The van der Waals surface area contributed by atoms with E-state index in [1.54, 1.807) is 24.3 Å². The minimum atomic E-state index is -0.966. The van der Waals surface area contributed by atoms with E-state index in [9.17, 15) is 13.9 Å². The first-order valence-electron chi connectivity index (χ1n) is 5.86. The molecule has 0 aromatic heterocycles. The number of nitriles is 1. The van der Waals surface area contributed by atoms with Gasteiger partial charge >= 0.3 is 0 Å².